The van der Waals surface area contributed by atoms with E-state index in [-0.39, 0.29) is 45.6 Å². The van der Waals surface area contributed by atoms with Gasteiger partial charge in [-0.3, -0.25) is 14.9 Å². The Morgan fingerprint density at radius 3 is 2.67 bits per heavy atom. The van der Waals surface area contributed by atoms with Crippen LogP contribution < -0.4 is 14.4 Å². The third kappa shape index (κ3) is 6.13. The molecule has 2 atom stereocenters. The molecule has 1 amide bonds. The van der Waals surface area contributed by atoms with E-state index in [2.05, 4.69) is 29.9 Å². The van der Waals surface area contributed by atoms with Crippen LogP contribution in [0.5, 0.6) is 11.8 Å². The molecular weight excluding hydrogens is 602 g/mol. The second kappa shape index (κ2) is 11.3. The maximum atomic E-state index is 16.5. The predicted octanol–water partition coefficient (Wildman–Crippen LogP) is 5.02. The molecule has 5 heterocycles. The van der Waals surface area contributed by atoms with Gasteiger partial charge >= 0.3 is 18.5 Å². The minimum absolute atomic E-state index is 0.139. The van der Waals surface area contributed by atoms with E-state index in [1.54, 1.807) is 25.7 Å². The molecule has 6 rings (SSSR count). The SMILES string of the molecule is CC(C)(C)OC(=O)N1CC2CCN(c3nc(OCC=O)nc4c(F)c(-c5c(OC(F)(F)F)ccc6[nH]ncc56)ncc34)CC1C2. The van der Waals surface area contributed by atoms with Gasteiger partial charge in [-0.1, -0.05) is 0 Å². The molecule has 2 bridgehead atoms. The zero-order valence-corrected chi connectivity index (χ0v) is 24.5. The van der Waals surface area contributed by atoms with Crippen molar-refractivity contribution < 1.29 is 41.4 Å². The molecule has 0 radical (unpaired) electrons. The highest BCUT2D eigenvalue weighted by Gasteiger charge is 2.41. The van der Waals surface area contributed by atoms with Crippen LogP contribution in [0.1, 0.15) is 33.6 Å². The number of ether oxygens (including phenoxy) is 3. The van der Waals surface area contributed by atoms with Gasteiger partial charge in [0.05, 0.1) is 28.7 Å². The zero-order chi connectivity index (χ0) is 32.1. The lowest BCUT2D eigenvalue weighted by atomic mass is 10.0. The minimum Gasteiger partial charge on any atom is -0.456 e. The Kier molecular flexibility index (Phi) is 7.61. The van der Waals surface area contributed by atoms with Crippen LogP contribution >= 0.6 is 0 Å². The van der Waals surface area contributed by atoms with Crippen LogP contribution in [0.15, 0.2) is 24.5 Å². The summed E-state index contributed by atoms with van der Waals surface area (Å²) in [6.45, 7) is 6.34. The number of alkyl halides is 3. The van der Waals surface area contributed by atoms with Crippen LogP contribution in [0.2, 0.25) is 0 Å². The van der Waals surface area contributed by atoms with Crippen molar-refractivity contribution in [3.8, 4) is 23.0 Å². The number of pyridine rings is 1. The summed E-state index contributed by atoms with van der Waals surface area (Å²) in [6, 6.07) is 1.83. The first-order chi connectivity index (χ1) is 21.3. The van der Waals surface area contributed by atoms with Crippen molar-refractivity contribution in [3.63, 3.8) is 0 Å². The number of amides is 1. The Morgan fingerprint density at radius 2 is 1.93 bits per heavy atom. The van der Waals surface area contributed by atoms with Gasteiger partial charge in [0.15, 0.2) is 12.1 Å². The molecule has 238 valence electrons. The summed E-state index contributed by atoms with van der Waals surface area (Å²) >= 11 is 0. The molecule has 16 heteroatoms. The van der Waals surface area contributed by atoms with E-state index in [0.29, 0.717) is 37.9 Å². The molecule has 2 unspecified atom stereocenters. The average molecular weight is 632 g/mol. The van der Waals surface area contributed by atoms with Crippen molar-refractivity contribution in [3.05, 3.63) is 30.3 Å². The molecule has 2 aliphatic rings. The highest BCUT2D eigenvalue weighted by atomic mass is 19.4. The Morgan fingerprint density at radius 1 is 1.13 bits per heavy atom. The number of aromatic nitrogens is 5. The topological polar surface area (TPSA) is 136 Å². The van der Waals surface area contributed by atoms with Gasteiger partial charge in [-0.15, -0.1) is 13.2 Å². The normalized spacial score (nSPS) is 18.7. The molecule has 1 N–H and O–H groups in total. The summed E-state index contributed by atoms with van der Waals surface area (Å²) in [5, 5.41) is 6.82. The van der Waals surface area contributed by atoms with E-state index in [9.17, 15) is 22.8 Å². The van der Waals surface area contributed by atoms with E-state index in [4.69, 9.17) is 9.47 Å². The number of benzene rings is 1. The number of anilines is 1. The fourth-order valence-corrected chi connectivity index (χ4v) is 5.88. The van der Waals surface area contributed by atoms with Gasteiger partial charge in [-0.25, -0.2) is 9.18 Å². The number of aromatic amines is 1. The standard InChI is InChI=1S/C29H29F4N7O5/c1-28(2,3)45-27(42)40-13-15-6-7-39(14-16(40)10-15)25-18-11-34-24(22(30)23(18)36-26(37-25)43-9-8-41)21-17-12-35-38-19(17)4-5-20(21)44-29(31,32)33/h4-5,8,11-12,15-16H,6-7,9-10,13-14H2,1-3H3,(H,35,38). The van der Waals surface area contributed by atoms with Crippen molar-refractivity contribution >= 4 is 40.0 Å². The number of hydrogen-bond donors (Lipinski definition) is 1. The number of rotatable bonds is 6. The maximum absolute atomic E-state index is 16.5. The lowest BCUT2D eigenvalue weighted by Gasteiger charge is -2.34. The molecule has 45 heavy (non-hydrogen) atoms. The van der Waals surface area contributed by atoms with Crippen LogP contribution in [-0.2, 0) is 9.53 Å². The Hall–Kier alpha value is -4.76. The van der Waals surface area contributed by atoms with Gasteiger partial charge in [-0.05, 0) is 51.7 Å². The van der Waals surface area contributed by atoms with Crippen LogP contribution in [0.4, 0.5) is 28.2 Å². The Bertz CT molecular complexity index is 1770. The molecular formula is C29H29F4N7O5. The number of carbonyl (C=O) groups excluding carboxylic acids is 2. The van der Waals surface area contributed by atoms with Gasteiger partial charge in [0.1, 0.15) is 35.0 Å². The van der Waals surface area contributed by atoms with Crippen molar-refractivity contribution in [2.75, 3.05) is 31.1 Å². The maximum Gasteiger partial charge on any atom is 0.573 e. The molecule has 12 nitrogen and oxygen atoms in total. The minimum atomic E-state index is -5.07. The molecule has 2 fully saturated rings. The van der Waals surface area contributed by atoms with E-state index < -0.39 is 41.9 Å². The zero-order valence-electron chi connectivity index (χ0n) is 24.5. The molecule has 4 aromatic rings. The quantitative estimate of drug-likeness (QED) is 0.228. The molecule has 3 aromatic heterocycles. The van der Waals surface area contributed by atoms with Gasteiger partial charge in [0.2, 0.25) is 0 Å². The number of hydrogen-bond acceptors (Lipinski definition) is 10. The monoisotopic (exact) mass is 631 g/mol. The fourth-order valence-electron chi connectivity index (χ4n) is 5.88. The smallest absolute Gasteiger partial charge is 0.456 e. The van der Waals surface area contributed by atoms with Crippen molar-refractivity contribution in [2.45, 2.75) is 51.6 Å². The number of carbonyl (C=O) groups is 2. The first-order valence-electron chi connectivity index (χ1n) is 14.2. The average Bonchev–Trinajstić information content (AvgIpc) is 3.53. The molecule has 0 saturated carbocycles. The largest absolute Gasteiger partial charge is 0.573 e. The molecule has 2 aliphatic heterocycles. The molecule has 2 saturated heterocycles. The summed E-state index contributed by atoms with van der Waals surface area (Å²) < 4.78 is 71.7. The Balaban J connectivity index is 1.45. The third-order valence-corrected chi connectivity index (χ3v) is 7.64. The van der Waals surface area contributed by atoms with E-state index in [0.717, 1.165) is 12.5 Å². The summed E-state index contributed by atoms with van der Waals surface area (Å²) in [5.41, 5.74) is -1.39. The molecule has 1 aromatic carbocycles. The fraction of sp³-hybridized carbons (Fsp3) is 0.448. The summed E-state index contributed by atoms with van der Waals surface area (Å²) in [5.74, 6) is -1.29. The number of fused-ring (bicyclic) bond motifs is 4. The third-order valence-electron chi connectivity index (χ3n) is 7.64. The first-order valence-corrected chi connectivity index (χ1v) is 14.2. The van der Waals surface area contributed by atoms with Crippen LogP contribution in [-0.4, -0.2) is 86.7 Å². The summed E-state index contributed by atoms with van der Waals surface area (Å²) in [4.78, 5) is 40.5. The number of likely N-dealkylation sites (tertiary alicyclic amines) is 1. The van der Waals surface area contributed by atoms with Gasteiger partial charge < -0.3 is 24.0 Å². The second-order valence-electron chi connectivity index (χ2n) is 11.9. The number of aldehydes is 1. The number of nitrogens with one attached hydrogen (secondary N) is 1. The van der Waals surface area contributed by atoms with Gasteiger partial charge in [-0.2, -0.15) is 15.1 Å². The predicted molar refractivity (Wildman–Crippen MR) is 152 cm³/mol. The Labute approximate surface area is 253 Å². The lowest BCUT2D eigenvalue weighted by Crippen LogP contribution is -2.46. The van der Waals surface area contributed by atoms with Crippen LogP contribution in [0.3, 0.4) is 0 Å². The molecule has 0 aliphatic carbocycles. The van der Waals surface area contributed by atoms with Gasteiger partial charge in [0, 0.05) is 31.2 Å². The number of nitrogens with zero attached hydrogens (tertiary/aromatic N) is 6. The van der Waals surface area contributed by atoms with Gasteiger partial charge in [0.25, 0.3) is 0 Å². The van der Waals surface area contributed by atoms with Crippen LogP contribution in [0, 0.1) is 11.7 Å². The number of H-pyrrole nitrogens is 1. The number of halogens is 4. The van der Waals surface area contributed by atoms with E-state index in [1.165, 1.54) is 18.5 Å². The van der Waals surface area contributed by atoms with Crippen molar-refractivity contribution in [1.29, 1.82) is 0 Å². The van der Waals surface area contributed by atoms with Crippen molar-refractivity contribution in [2.24, 2.45) is 5.92 Å². The second-order valence-corrected chi connectivity index (χ2v) is 11.9. The first kappa shape index (κ1) is 30.3. The summed E-state index contributed by atoms with van der Waals surface area (Å²) in [6.07, 6.45) is -1.07. The van der Waals surface area contributed by atoms with Crippen molar-refractivity contribution in [1.82, 2.24) is 30.0 Å². The molecule has 0 spiro atoms. The van der Waals surface area contributed by atoms with E-state index >= 15 is 4.39 Å². The lowest BCUT2D eigenvalue weighted by molar-refractivity contribution is -0.274. The highest BCUT2D eigenvalue weighted by Crippen LogP contribution is 2.42. The van der Waals surface area contributed by atoms with E-state index in [1.807, 2.05) is 4.90 Å². The van der Waals surface area contributed by atoms with Crippen LogP contribution in [0.25, 0.3) is 33.1 Å². The highest BCUT2D eigenvalue weighted by molar-refractivity contribution is 6.00. The summed E-state index contributed by atoms with van der Waals surface area (Å²) in [7, 11) is 0.